The highest BCUT2D eigenvalue weighted by molar-refractivity contribution is 7.13. The minimum Gasteiger partial charge on any atom is -0.337 e. The fourth-order valence-corrected chi connectivity index (χ4v) is 2.98. The van der Waals surface area contributed by atoms with Gasteiger partial charge in [-0.15, -0.1) is 11.3 Å². The SMILES string of the molecule is CCCN(CCC)C(=O)c1ncsc1-c1ccccc1. The molecule has 0 saturated heterocycles. The molecule has 0 bridgehead atoms. The Hall–Kier alpha value is -1.68. The summed E-state index contributed by atoms with van der Waals surface area (Å²) in [5.41, 5.74) is 3.40. The van der Waals surface area contributed by atoms with E-state index in [2.05, 4.69) is 18.8 Å². The summed E-state index contributed by atoms with van der Waals surface area (Å²) in [6.07, 6.45) is 1.94. The average molecular weight is 288 g/mol. The van der Waals surface area contributed by atoms with Crippen molar-refractivity contribution in [2.75, 3.05) is 13.1 Å². The van der Waals surface area contributed by atoms with Gasteiger partial charge in [-0.3, -0.25) is 4.79 Å². The van der Waals surface area contributed by atoms with Crippen molar-refractivity contribution in [3.05, 3.63) is 41.5 Å². The van der Waals surface area contributed by atoms with Crippen LogP contribution in [0.5, 0.6) is 0 Å². The molecule has 0 N–H and O–H groups in total. The van der Waals surface area contributed by atoms with Gasteiger partial charge in [0, 0.05) is 13.1 Å². The Morgan fingerprint density at radius 3 is 2.40 bits per heavy atom. The first-order valence-corrected chi connectivity index (χ1v) is 7.94. The second-order valence-electron chi connectivity index (χ2n) is 4.69. The lowest BCUT2D eigenvalue weighted by Gasteiger charge is -2.21. The van der Waals surface area contributed by atoms with E-state index in [1.807, 2.05) is 35.2 Å². The predicted molar refractivity (Wildman–Crippen MR) is 84.0 cm³/mol. The minimum atomic E-state index is 0.0498. The lowest BCUT2D eigenvalue weighted by Crippen LogP contribution is -2.33. The minimum absolute atomic E-state index is 0.0498. The van der Waals surface area contributed by atoms with Crippen molar-refractivity contribution in [1.29, 1.82) is 0 Å². The number of rotatable bonds is 6. The molecule has 0 fully saturated rings. The van der Waals surface area contributed by atoms with E-state index in [9.17, 15) is 4.79 Å². The Balaban J connectivity index is 2.29. The van der Waals surface area contributed by atoms with Gasteiger partial charge in [-0.1, -0.05) is 44.2 Å². The van der Waals surface area contributed by atoms with E-state index in [0.29, 0.717) is 5.69 Å². The summed E-state index contributed by atoms with van der Waals surface area (Å²) in [4.78, 5) is 19.8. The van der Waals surface area contributed by atoms with Gasteiger partial charge in [0.15, 0.2) is 0 Å². The van der Waals surface area contributed by atoms with Crippen LogP contribution in [0, 0.1) is 0 Å². The van der Waals surface area contributed by atoms with Gasteiger partial charge < -0.3 is 4.90 Å². The molecular formula is C16H20N2OS. The van der Waals surface area contributed by atoms with Crippen LogP contribution in [0.15, 0.2) is 35.8 Å². The van der Waals surface area contributed by atoms with Crippen LogP contribution in [0.25, 0.3) is 10.4 Å². The van der Waals surface area contributed by atoms with Gasteiger partial charge in [0.05, 0.1) is 10.4 Å². The number of benzene rings is 1. The van der Waals surface area contributed by atoms with Crippen LogP contribution in [-0.4, -0.2) is 28.9 Å². The van der Waals surface area contributed by atoms with Crippen molar-refractivity contribution >= 4 is 17.2 Å². The summed E-state index contributed by atoms with van der Waals surface area (Å²) in [5.74, 6) is 0.0498. The van der Waals surface area contributed by atoms with Gasteiger partial charge in [0.1, 0.15) is 5.69 Å². The van der Waals surface area contributed by atoms with Crippen LogP contribution in [0.2, 0.25) is 0 Å². The Kier molecular flexibility index (Phi) is 5.30. The topological polar surface area (TPSA) is 33.2 Å². The smallest absolute Gasteiger partial charge is 0.273 e. The van der Waals surface area contributed by atoms with E-state index in [-0.39, 0.29) is 5.91 Å². The maximum atomic E-state index is 12.7. The van der Waals surface area contributed by atoms with Crippen LogP contribution in [0.1, 0.15) is 37.2 Å². The van der Waals surface area contributed by atoms with Gasteiger partial charge >= 0.3 is 0 Å². The highest BCUT2D eigenvalue weighted by Crippen LogP contribution is 2.28. The highest BCUT2D eigenvalue weighted by atomic mass is 32.1. The van der Waals surface area contributed by atoms with Crippen molar-refractivity contribution in [1.82, 2.24) is 9.88 Å². The second-order valence-corrected chi connectivity index (χ2v) is 5.54. The number of hydrogen-bond acceptors (Lipinski definition) is 3. The van der Waals surface area contributed by atoms with Crippen molar-refractivity contribution in [3.63, 3.8) is 0 Å². The van der Waals surface area contributed by atoms with Crippen LogP contribution >= 0.6 is 11.3 Å². The molecule has 2 aromatic rings. The molecule has 0 aliphatic heterocycles. The molecule has 0 radical (unpaired) electrons. The van der Waals surface area contributed by atoms with Gasteiger partial charge in [-0.2, -0.15) is 0 Å². The predicted octanol–water partition coefficient (Wildman–Crippen LogP) is 4.07. The monoisotopic (exact) mass is 288 g/mol. The molecule has 0 saturated carbocycles. The number of carbonyl (C=O) groups is 1. The first-order valence-electron chi connectivity index (χ1n) is 7.06. The normalized spacial score (nSPS) is 10.5. The lowest BCUT2D eigenvalue weighted by molar-refractivity contribution is 0.0751. The highest BCUT2D eigenvalue weighted by Gasteiger charge is 2.21. The van der Waals surface area contributed by atoms with E-state index in [4.69, 9.17) is 0 Å². The molecule has 3 nitrogen and oxygen atoms in total. The van der Waals surface area contributed by atoms with E-state index in [0.717, 1.165) is 36.4 Å². The molecule has 1 aromatic carbocycles. The molecule has 0 atom stereocenters. The van der Waals surface area contributed by atoms with Crippen molar-refractivity contribution in [3.8, 4) is 10.4 Å². The van der Waals surface area contributed by atoms with Crippen LogP contribution < -0.4 is 0 Å². The Morgan fingerprint density at radius 1 is 1.15 bits per heavy atom. The van der Waals surface area contributed by atoms with Crippen molar-refractivity contribution < 1.29 is 4.79 Å². The fourth-order valence-electron chi connectivity index (χ4n) is 2.20. The number of nitrogens with zero attached hydrogens (tertiary/aromatic N) is 2. The van der Waals surface area contributed by atoms with E-state index < -0.39 is 0 Å². The zero-order chi connectivity index (χ0) is 14.4. The molecule has 4 heteroatoms. The summed E-state index contributed by atoms with van der Waals surface area (Å²) in [7, 11) is 0. The number of aromatic nitrogens is 1. The molecule has 20 heavy (non-hydrogen) atoms. The molecule has 106 valence electrons. The Bertz CT molecular complexity index is 545. The zero-order valence-corrected chi connectivity index (χ0v) is 12.8. The molecule has 0 spiro atoms. The van der Waals surface area contributed by atoms with E-state index in [1.165, 1.54) is 11.3 Å². The number of thiazole rings is 1. The summed E-state index contributed by atoms with van der Waals surface area (Å²) < 4.78 is 0. The molecule has 0 aliphatic rings. The third-order valence-corrected chi connectivity index (χ3v) is 3.96. The third-order valence-electron chi connectivity index (χ3n) is 3.08. The summed E-state index contributed by atoms with van der Waals surface area (Å²) in [5, 5.41) is 0. The molecule has 2 rings (SSSR count). The molecule has 0 aliphatic carbocycles. The van der Waals surface area contributed by atoms with Gasteiger partial charge in [0.25, 0.3) is 5.91 Å². The standard InChI is InChI=1S/C16H20N2OS/c1-3-10-18(11-4-2)16(19)14-15(20-12-17-14)13-8-6-5-7-9-13/h5-9,12H,3-4,10-11H2,1-2H3. The largest absolute Gasteiger partial charge is 0.337 e. The summed E-state index contributed by atoms with van der Waals surface area (Å²) in [6.45, 7) is 5.76. The zero-order valence-electron chi connectivity index (χ0n) is 12.0. The average Bonchev–Trinajstić information content (AvgIpc) is 2.96. The number of hydrogen-bond donors (Lipinski definition) is 0. The maximum absolute atomic E-state index is 12.7. The molecule has 1 heterocycles. The quantitative estimate of drug-likeness (QED) is 0.802. The number of amides is 1. The van der Waals surface area contributed by atoms with Crippen LogP contribution in [0.3, 0.4) is 0 Å². The maximum Gasteiger partial charge on any atom is 0.273 e. The van der Waals surface area contributed by atoms with Gasteiger partial charge in [-0.05, 0) is 18.4 Å². The van der Waals surface area contributed by atoms with Gasteiger partial charge in [-0.25, -0.2) is 4.98 Å². The Labute approximate surface area is 124 Å². The molecule has 1 aromatic heterocycles. The van der Waals surface area contributed by atoms with Crippen LogP contribution in [0.4, 0.5) is 0 Å². The second kappa shape index (κ2) is 7.20. The number of carbonyl (C=O) groups excluding carboxylic acids is 1. The molecular weight excluding hydrogens is 268 g/mol. The molecule has 1 amide bonds. The van der Waals surface area contributed by atoms with E-state index in [1.54, 1.807) is 5.51 Å². The van der Waals surface area contributed by atoms with Crippen molar-refractivity contribution in [2.24, 2.45) is 0 Å². The lowest BCUT2D eigenvalue weighted by atomic mass is 10.1. The Morgan fingerprint density at radius 2 is 1.80 bits per heavy atom. The first-order chi connectivity index (χ1) is 9.77. The molecule has 0 unspecified atom stereocenters. The van der Waals surface area contributed by atoms with Gasteiger partial charge in [0.2, 0.25) is 0 Å². The van der Waals surface area contributed by atoms with E-state index >= 15 is 0 Å². The summed E-state index contributed by atoms with van der Waals surface area (Å²) >= 11 is 1.53. The summed E-state index contributed by atoms with van der Waals surface area (Å²) in [6, 6.07) is 9.99. The first kappa shape index (κ1) is 14.7. The fraction of sp³-hybridized carbons (Fsp3) is 0.375. The van der Waals surface area contributed by atoms with Crippen LogP contribution in [-0.2, 0) is 0 Å². The third kappa shape index (κ3) is 3.25. The van der Waals surface area contributed by atoms with Crippen molar-refractivity contribution in [2.45, 2.75) is 26.7 Å².